The van der Waals surface area contributed by atoms with Crippen molar-refractivity contribution in [3.63, 3.8) is 0 Å². The first-order chi connectivity index (χ1) is 3.80. The lowest BCUT2D eigenvalue weighted by Gasteiger charge is -2.12. The van der Waals surface area contributed by atoms with E-state index in [1.54, 1.807) is 0 Å². The first kappa shape index (κ1) is 5.95. The molecule has 1 rings (SSSR count). The molecule has 0 amide bonds. The van der Waals surface area contributed by atoms with Crippen LogP contribution in [-0.4, -0.2) is 23.2 Å². The second kappa shape index (κ2) is 2.40. The predicted octanol–water partition coefficient (Wildman–Crippen LogP) is 0.947. The quantitative estimate of drug-likeness (QED) is 0.285. The van der Waals surface area contributed by atoms with Crippen LogP contribution in [0.25, 0.3) is 0 Å². The first-order valence-electron chi connectivity index (χ1n) is 2.83. The highest BCUT2D eigenvalue weighted by Gasteiger charge is 2.10. The molecule has 0 radical (unpaired) electrons. The van der Waals surface area contributed by atoms with Gasteiger partial charge in [-0.1, -0.05) is 0 Å². The van der Waals surface area contributed by atoms with Gasteiger partial charge in [0.15, 0.2) is 5.17 Å². The largest absolute Gasteiger partial charge is 0.352 e. The van der Waals surface area contributed by atoms with Gasteiger partial charge in [0, 0.05) is 13.1 Å². The van der Waals surface area contributed by atoms with Crippen molar-refractivity contribution < 1.29 is 0 Å². The number of thiol groups is 1. The molecule has 0 aromatic carbocycles. The minimum atomic E-state index is 0.419. The van der Waals surface area contributed by atoms with Gasteiger partial charge in [-0.3, -0.25) is 5.41 Å². The normalized spacial score (nSPS) is 19.4. The van der Waals surface area contributed by atoms with E-state index in [0.29, 0.717) is 5.17 Å². The van der Waals surface area contributed by atoms with E-state index < -0.39 is 0 Å². The van der Waals surface area contributed by atoms with E-state index in [1.807, 2.05) is 4.90 Å². The van der Waals surface area contributed by atoms with Gasteiger partial charge in [-0.15, -0.1) is 12.6 Å². The van der Waals surface area contributed by atoms with Crippen LogP contribution in [0, 0.1) is 5.41 Å². The van der Waals surface area contributed by atoms with Crippen LogP contribution in [0.2, 0.25) is 0 Å². The third-order valence-corrected chi connectivity index (χ3v) is 1.69. The summed E-state index contributed by atoms with van der Waals surface area (Å²) >= 11 is 3.90. The van der Waals surface area contributed by atoms with Crippen molar-refractivity contribution in [2.24, 2.45) is 0 Å². The second-order valence-corrected chi connectivity index (χ2v) is 2.44. The van der Waals surface area contributed by atoms with Crippen molar-refractivity contribution in [1.29, 1.82) is 5.41 Å². The molecule has 1 fully saturated rings. The molecule has 1 N–H and O–H groups in total. The van der Waals surface area contributed by atoms with Gasteiger partial charge >= 0.3 is 0 Å². The van der Waals surface area contributed by atoms with Gasteiger partial charge in [0.1, 0.15) is 0 Å². The average molecular weight is 130 g/mol. The Kier molecular flexibility index (Phi) is 1.78. The molecule has 2 nitrogen and oxygen atoms in total. The highest BCUT2D eigenvalue weighted by molar-refractivity contribution is 7.96. The molecule has 46 valence electrons. The third-order valence-electron chi connectivity index (χ3n) is 1.41. The van der Waals surface area contributed by atoms with Crippen molar-refractivity contribution in [3.05, 3.63) is 0 Å². The van der Waals surface area contributed by atoms with Gasteiger partial charge in [-0.25, -0.2) is 0 Å². The lowest BCUT2D eigenvalue weighted by Crippen LogP contribution is -2.21. The van der Waals surface area contributed by atoms with Gasteiger partial charge < -0.3 is 4.90 Å². The van der Waals surface area contributed by atoms with Gasteiger partial charge in [-0.05, 0) is 12.8 Å². The number of nitrogens with zero attached hydrogens (tertiary/aromatic N) is 1. The van der Waals surface area contributed by atoms with Crippen LogP contribution in [0.15, 0.2) is 0 Å². The zero-order valence-electron chi connectivity index (χ0n) is 4.72. The summed E-state index contributed by atoms with van der Waals surface area (Å²) in [4.78, 5) is 1.98. The van der Waals surface area contributed by atoms with E-state index in [4.69, 9.17) is 5.41 Å². The van der Waals surface area contributed by atoms with Crippen molar-refractivity contribution in [2.75, 3.05) is 13.1 Å². The van der Waals surface area contributed by atoms with E-state index >= 15 is 0 Å². The van der Waals surface area contributed by atoms with Crippen LogP contribution >= 0.6 is 12.6 Å². The van der Waals surface area contributed by atoms with Gasteiger partial charge in [0.25, 0.3) is 0 Å². The van der Waals surface area contributed by atoms with Crippen molar-refractivity contribution in [2.45, 2.75) is 12.8 Å². The number of hydrogen-bond acceptors (Lipinski definition) is 1. The lowest BCUT2D eigenvalue weighted by atomic mass is 10.4. The van der Waals surface area contributed by atoms with Crippen molar-refractivity contribution >= 4 is 17.8 Å². The summed E-state index contributed by atoms with van der Waals surface area (Å²) in [6.07, 6.45) is 2.45. The molecule has 0 aromatic heterocycles. The topological polar surface area (TPSA) is 27.1 Å². The minimum absolute atomic E-state index is 0.419. The molecule has 0 saturated carbocycles. The maximum absolute atomic E-state index is 7.08. The molecule has 1 heterocycles. The SMILES string of the molecule is N=C(S)N1CCCC1. The Morgan fingerprint density at radius 3 is 2.12 bits per heavy atom. The van der Waals surface area contributed by atoms with Crippen LogP contribution in [0.1, 0.15) is 12.8 Å². The average Bonchev–Trinajstić information content (AvgIpc) is 2.12. The third kappa shape index (κ3) is 1.15. The number of nitrogens with one attached hydrogen (secondary N) is 1. The smallest absolute Gasteiger partial charge is 0.153 e. The van der Waals surface area contributed by atoms with Crippen LogP contribution in [-0.2, 0) is 0 Å². The van der Waals surface area contributed by atoms with E-state index in [2.05, 4.69) is 12.6 Å². The summed E-state index contributed by atoms with van der Waals surface area (Å²) in [5.74, 6) is 0. The van der Waals surface area contributed by atoms with Gasteiger partial charge in [0.05, 0.1) is 0 Å². The molecule has 0 spiro atoms. The summed E-state index contributed by atoms with van der Waals surface area (Å²) < 4.78 is 0. The molecular formula is C5H10N2S. The summed E-state index contributed by atoms with van der Waals surface area (Å²) in [5, 5.41) is 7.50. The molecule has 1 aliphatic rings. The fourth-order valence-corrected chi connectivity index (χ4v) is 1.13. The number of likely N-dealkylation sites (tertiary alicyclic amines) is 1. The lowest BCUT2D eigenvalue weighted by molar-refractivity contribution is 0.527. The molecule has 0 bridgehead atoms. The second-order valence-electron chi connectivity index (χ2n) is 2.02. The Morgan fingerprint density at radius 2 is 1.88 bits per heavy atom. The van der Waals surface area contributed by atoms with E-state index in [0.717, 1.165) is 13.1 Å². The predicted molar refractivity (Wildman–Crippen MR) is 37.5 cm³/mol. The van der Waals surface area contributed by atoms with Crippen LogP contribution < -0.4 is 0 Å². The fraction of sp³-hybridized carbons (Fsp3) is 0.800. The molecule has 8 heavy (non-hydrogen) atoms. The summed E-state index contributed by atoms with van der Waals surface area (Å²) in [5.41, 5.74) is 0. The first-order valence-corrected chi connectivity index (χ1v) is 3.28. The Morgan fingerprint density at radius 1 is 1.38 bits per heavy atom. The highest BCUT2D eigenvalue weighted by Crippen LogP contribution is 2.08. The molecule has 3 heteroatoms. The maximum Gasteiger partial charge on any atom is 0.153 e. The number of hydrogen-bond donors (Lipinski definition) is 2. The Bertz CT molecular complexity index is 96.6. The molecule has 0 aromatic rings. The molecule has 0 unspecified atom stereocenters. The Hall–Kier alpha value is -0.180. The summed E-state index contributed by atoms with van der Waals surface area (Å²) in [6.45, 7) is 2.06. The van der Waals surface area contributed by atoms with Crippen molar-refractivity contribution in [3.8, 4) is 0 Å². The molecule has 0 atom stereocenters. The zero-order valence-corrected chi connectivity index (χ0v) is 5.62. The maximum atomic E-state index is 7.08. The fourth-order valence-electron chi connectivity index (χ4n) is 0.929. The van der Waals surface area contributed by atoms with Gasteiger partial charge in [0.2, 0.25) is 0 Å². The molecule has 0 aliphatic carbocycles. The van der Waals surface area contributed by atoms with Crippen LogP contribution in [0.5, 0.6) is 0 Å². The monoisotopic (exact) mass is 130 g/mol. The molecule has 1 saturated heterocycles. The number of rotatable bonds is 0. The van der Waals surface area contributed by atoms with Crippen molar-refractivity contribution in [1.82, 2.24) is 4.90 Å². The van der Waals surface area contributed by atoms with Crippen LogP contribution in [0.4, 0.5) is 0 Å². The summed E-state index contributed by atoms with van der Waals surface area (Å²) in [7, 11) is 0. The molecular weight excluding hydrogens is 120 g/mol. The number of amidine groups is 1. The minimum Gasteiger partial charge on any atom is -0.352 e. The Labute approximate surface area is 54.8 Å². The van der Waals surface area contributed by atoms with E-state index in [1.165, 1.54) is 12.8 Å². The zero-order chi connectivity index (χ0) is 5.98. The standard InChI is InChI=1S/C5H10N2S/c6-5(8)7-3-1-2-4-7/h1-4H2,(H2,6,8). The molecule has 1 aliphatic heterocycles. The van der Waals surface area contributed by atoms with Crippen LogP contribution in [0.3, 0.4) is 0 Å². The van der Waals surface area contributed by atoms with Gasteiger partial charge in [-0.2, -0.15) is 0 Å². The summed E-state index contributed by atoms with van der Waals surface area (Å²) in [6, 6.07) is 0. The van der Waals surface area contributed by atoms with E-state index in [-0.39, 0.29) is 0 Å². The Balaban J connectivity index is 2.35. The van der Waals surface area contributed by atoms with E-state index in [9.17, 15) is 0 Å². The highest BCUT2D eigenvalue weighted by atomic mass is 32.1.